The number of aliphatic hydroxyl groups excluding tert-OH is 1. The van der Waals surface area contributed by atoms with Crippen LogP contribution in [-0.2, 0) is 4.79 Å². The van der Waals surface area contributed by atoms with Crippen LogP contribution in [0, 0.1) is 0 Å². The fraction of sp³-hybridized carbons (Fsp3) is 0.500. The largest absolute Gasteiger partial charge is 1.00 e. The van der Waals surface area contributed by atoms with Gasteiger partial charge in [-0.1, -0.05) is 6.58 Å². The topological polar surface area (TPSA) is 49.3 Å². The lowest BCUT2D eigenvalue weighted by Gasteiger charge is -2.02. The van der Waals surface area contributed by atoms with Gasteiger partial charge in [-0.3, -0.25) is 4.79 Å². The molecule has 0 saturated carbocycles. The van der Waals surface area contributed by atoms with Crippen LogP contribution in [-0.4, -0.2) is 23.7 Å². The third-order valence-corrected chi connectivity index (χ3v) is 0.757. The fourth-order valence-electron chi connectivity index (χ4n) is 0.320. The lowest BCUT2D eigenvalue weighted by Crippen LogP contribution is -2.28. The zero-order valence-corrected chi connectivity index (χ0v) is 5.42. The summed E-state index contributed by atoms with van der Waals surface area (Å²) in [5, 5.41) is 11.1. The molecule has 0 fully saturated rings. The molecule has 3 heteroatoms. The molecule has 3 nitrogen and oxygen atoms in total. The summed E-state index contributed by atoms with van der Waals surface area (Å²) in [6.07, 6.45) is 0.677. The van der Waals surface area contributed by atoms with Crippen molar-refractivity contribution in [3.63, 3.8) is 0 Å². The molecule has 0 aromatic rings. The van der Waals surface area contributed by atoms with Crippen LogP contribution in [0.4, 0.5) is 0 Å². The summed E-state index contributed by atoms with van der Waals surface area (Å²) in [5.41, 5.74) is 0. The molecular weight excluding hydrogens is 118 g/mol. The van der Waals surface area contributed by atoms with Crippen LogP contribution in [0.5, 0.6) is 0 Å². The lowest BCUT2D eigenvalue weighted by molar-refractivity contribution is -0.116. The molecule has 0 aliphatic carbocycles. The Morgan fingerprint density at radius 3 is 3.00 bits per heavy atom. The van der Waals surface area contributed by atoms with Gasteiger partial charge in [-0.25, -0.2) is 0 Å². The van der Waals surface area contributed by atoms with Gasteiger partial charge in [0.15, 0.2) is 0 Å². The molecule has 0 aliphatic rings. The van der Waals surface area contributed by atoms with Gasteiger partial charge in [-0.15, -0.1) is 0 Å². The predicted molar refractivity (Wildman–Crippen MR) is 36.0 cm³/mol. The zero-order chi connectivity index (χ0) is 7.28. The quantitative estimate of drug-likeness (QED) is 0.519. The Kier molecular flexibility index (Phi) is 3.71. The molecule has 0 spiro atoms. The lowest BCUT2D eigenvalue weighted by atomic mass is 10.4. The Labute approximate surface area is 55.9 Å². The van der Waals surface area contributed by atoms with E-state index in [-0.39, 0.29) is 13.9 Å². The van der Waals surface area contributed by atoms with Crippen LogP contribution in [0.25, 0.3) is 0 Å². The number of carbonyl (C=O) groups excluding carboxylic acids is 1. The molecule has 0 aromatic heterocycles. The maximum Gasteiger partial charge on any atom is 1.00 e. The molecule has 0 saturated heterocycles. The van der Waals surface area contributed by atoms with Crippen LogP contribution in [0.2, 0.25) is 0 Å². The van der Waals surface area contributed by atoms with Gasteiger partial charge in [0.05, 0.1) is 6.10 Å². The minimum atomic E-state index is -0.492. The minimum Gasteiger partial charge on any atom is -0.392 e. The van der Waals surface area contributed by atoms with E-state index < -0.39 is 6.10 Å². The first-order valence-corrected chi connectivity index (χ1v) is 2.75. The first-order chi connectivity index (χ1) is 4.16. The van der Waals surface area contributed by atoms with E-state index in [1.54, 1.807) is 6.92 Å². The first-order valence-electron chi connectivity index (χ1n) is 2.75. The van der Waals surface area contributed by atoms with Crippen molar-refractivity contribution in [2.75, 3.05) is 6.54 Å². The highest BCUT2D eigenvalue weighted by molar-refractivity contribution is 5.86. The highest BCUT2D eigenvalue weighted by Crippen LogP contribution is 1.74. The predicted octanol–water partition coefficient (Wildman–Crippen LogP) is -0.218. The maximum absolute atomic E-state index is 10.4. The van der Waals surface area contributed by atoms with Crippen molar-refractivity contribution in [1.29, 1.82) is 0 Å². The summed E-state index contributed by atoms with van der Waals surface area (Å²) in [4.78, 5) is 10.4. The number of rotatable bonds is 3. The van der Waals surface area contributed by atoms with Gasteiger partial charge >= 0.3 is 1.43 Å². The van der Waals surface area contributed by atoms with Crippen molar-refractivity contribution in [3.8, 4) is 0 Å². The van der Waals surface area contributed by atoms with Crippen LogP contribution < -0.4 is 5.32 Å². The van der Waals surface area contributed by atoms with Crippen LogP contribution >= 0.6 is 0 Å². The Hall–Kier alpha value is -0.830. The molecule has 0 bridgehead atoms. The summed E-state index contributed by atoms with van der Waals surface area (Å²) in [6, 6.07) is 0. The molecule has 0 rings (SSSR count). The van der Waals surface area contributed by atoms with E-state index in [0.29, 0.717) is 0 Å². The van der Waals surface area contributed by atoms with E-state index in [0.717, 1.165) is 0 Å². The van der Waals surface area contributed by atoms with Crippen molar-refractivity contribution in [3.05, 3.63) is 12.7 Å². The van der Waals surface area contributed by atoms with Gasteiger partial charge in [0.25, 0.3) is 0 Å². The van der Waals surface area contributed by atoms with E-state index >= 15 is 0 Å². The second-order valence-electron chi connectivity index (χ2n) is 1.80. The molecule has 52 valence electrons. The first kappa shape index (κ1) is 8.17. The molecule has 1 atom stereocenters. The second-order valence-corrected chi connectivity index (χ2v) is 1.80. The zero-order valence-electron chi connectivity index (χ0n) is 6.42. The van der Waals surface area contributed by atoms with Gasteiger partial charge in [-0.05, 0) is 13.0 Å². The number of nitrogens with one attached hydrogen (secondary N) is 1. The fourth-order valence-corrected chi connectivity index (χ4v) is 0.320. The second kappa shape index (κ2) is 4.09. The molecule has 0 radical (unpaired) electrons. The van der Waals surface area contributed by atoms with Crippen LogP contribution in [0.3, 0.4) is 0 Å². The number of hydrogen-bond acceptors (Lipinski definition) is 2. The summed E-state index contributed by atoms with van der Waals surface area (Å²) >= 11 is 0. The Morgan fingerprint density at radius 1 is 2.11 bits per heavy atom. The van der Waals surface area contributed by atoms with Gasteiger partial charge in [0, 0.05) is 6.54 Å². The Balaban J connectivity index is 0. The number of aliphatic hydroxyl groups is 1. The van der Waals surface area contributed by atoms with Crippen molar-refractivity contribution in [2.45, 2.75) is 13.0 Å². The third-order valence-electron chi connectivity index (χ3n) is 0.757. The van der Waals surface area contributed by atoms with E-state index in [4.69, 9.17) is 5.11 Å². The minimum absolute atomic E-state index is 0. The Bertz CT molecular complexity index is 114. The van der Waals surface area contributed by atoms with Crippen molar-refractivity contribution < 1.29 is 11.3 Å². The van der Waals surface area contributed by atoms with Crippen molar-refractivity contribution >= 4 is 5.91 Å². The molecule has 0 aliphatic heterocycles. The monoisotopic (exact) mass is 130 g/mol. The van der Waals surface area contributed by atoms with Crippen molar-refractivity contribution in [1.82, 2.24) is 5.32 Å². The molecule has 9 heavy (non-hydrogen) atoms. The standard InChI is InChI=1S/C6H11NO2/c1-3-6(9)7-4-5(2)8/h3,5,8H,1,4H2,2H3,(H,7,9)/p+1. The SMILES string of the molecule is C=CC(=O)NCC(C)O.[H+]. The van der Waals surface area contributed by atoms with Gasteiger partial charge in [-0.2, -0.15) is 0 Å². The van der Waals surface area contributed by atoms with E-state index in [1.807, 2.05) is 0 Å². The van der Waals surface area contributed by atoms with E-state index in [9.17, 15) is 4.79 Å². The highest BCUT2D eigenvalue weighted by Gasteiger charge is 1.95. The van der Waals surface area contributed by atoms with Crippen LogP contribution in [0.1, 0.15) is 8.35 Å². The van der Waals surface area contributed by atoms with Gasteiger partial charge in [0.2, 0.25) is 5.91 Å². The normalized spacial score (nSPS) is 12.2. The van der Waals surface area contributed by atoms with E-state index in [2.05, 4.69) is 11.9 Å². The summed E-state index contributed by atoms with van der Waals surface area (Å²) in [6.45, 7) is 5.13. The summed E-state index contributed by atoms with van der Waals surface area (Å²) in [5.74, 6) is -0.254. The number of amides is 1. The van der Waals surface area contributed by atoms with E-state index in [1.165, 1.54) is 6.08 Å². The molecule has 1 amide bonds. The highest BCUT2D eigenvalue weighted by atomic mass is 16.3. The maximum atomic E-state index is 10.4. The molecule has 2 N–H and O–H groups in total. The average molecular weight is 130 g/mol. The van der Waals surface area contributed by atoms with Crippen LogP contribution in [0.15, 0.2) is 12.7 Å². The van der Waals surface area contributed by atoms with Gasteiger partial charge in [0.1, 0.15) is 0 Å². The van der Waals surface area contributed by atoms with Crippen molar-refractivity contribution in [2.24, 2.45) is 0 Å². The summed E-state index contributed by atoms with van der Waals surface area (Å²) in [7, 11) is 0. The third kappa shape index (κ3) is 5.03. The van der Waals surface area contributed by atoms with Gasteiger partial charge < -0.3 is 10.4 Å². The molecule has 1 unspecified atom stereocenters. The summed E-state index contributed by atoms with van der Waals surface area (Å²) < 4.78 is 0. The molecule has 0 heterocycles. The smallest absolute Gasteiger partial charge is 0.392 e. The molecule has 0 aromatic carbocycles. The average Bonchev–Trinajstić information content (AvgIpc) is 1.83. The number of hydrogen-bond donors (Lipinski definition) is 2. The number of carbonyl (C=O) groups is 1. The Morgan fingerprint density at radius 2 is 2.67 bits per heavy atom. The molecular formula is C6H12NO2+.